The number of imidazole rings is 1. The fraction of sp³-hybridized carbons (Fsp3) is 0.133. The maximum atomic E-state index is 11.5. The number of aromatic nitrogens is 4. The minimum Gasteiger partial charge on any atom is -0.283 e. The van der Waals surface area contributed by atoms with Gasteiger partial charge in [-0.05, 0) is 30.7 Å². The molecule has 3 rings (SSSR count). The smallest absolute Gasteiger partial charge is 0.177 e. The van der Waals surface area contributed by atoms with E-state index in [1.807, 2.05) is 13.0 Å². The molecule has 0 aliphatic heterocycles. The molecule has 3 heterocycles. The summed E-state index contributed by atoms with van der Waals surface area (Å²) >= 11 is 0. The van der Waals surface area contributed by atoms with E-state index in [-0.39, 0.29) is 4.90 Å². The highest BCUT2D eigenvalue weighted by molar-refractivity contribution is 7.90. The molecule has 0 unspecified atom stereocenters. The van der Waals surface area contributed by atoms with Gasteiger partial charge in [-0.1, -0.05) is 0 Å². The number of hydrogen-bond acceptors (Lipinski definition) is 5. The first-order chi connectivity index (χ1) is 10.5. The highest BCUT2D eigenvalue weighted by Crippen LogP contribution is 2.24. The van der Waals surface area contributed by atoms with Gasteiger partial charge < -0.3 is 0 Å². The molecule has 112 valence electrons. The summed E-state index contributed by atoms with van der Waals surface area (Å²) in [6, 6.07) is 5.12. The molecule has 6 nitrogen and oxygen atoms in total. The van der Waals surface area contributed by atoms with Gasteiger partial charge in [0.05, 0.1) is 16.8 Å². The van der Waals surface area contributed by atoms with Gasteiger partial charge in [-0.2, -0.15) is 0 Å². The molecule has 0 radical (unpaired) electrons. The Hall–Kier alpha value is -2.54. The number of nitrogens with zero attached hydrogens (tertiary/aromatic N) is 4. The Balaban J connectivity index is 2.08. The lowest BCUT2D eigenvalue weighted by Crippen LogP contribution is -2.02. The largest absolute Gasteiger partial charge is 0.283 e. The van der Waals surface area contributed by atoms with E-state index < -0.39 is 9.84 Å². The first-order valence-electron chi connectivity index (χ1n) is 6.56. The second-order valence-electron chi connectivity index (χ2n) is 4.96. The van der Waals surface area contributed by atoms with Crippen LogP contribution in [0.3, 0.4) is 0 Å². The van der Waals surface area contributed by atoms with Crippen LogP contribution in [0.5, 0.6) is 0 Å². The van der Waals surface area contributed by atoms with E-state index in [1.165, 1.54) is 12.3 Å². The Morgan fingerprint density at radius 3 is 2.50 bits per heavy atom. The Kier molecular flexibility index (Phi) is 3.50. The van der Waals surface area contributed by atoms with Crippen molar-refractivity contribution in [3.05, 3.63) is 54.9 Å². The first-order valence-corrected chi connectivity index (χ1v) is 8.46. The summed E-state index contributed by atoms with van der Waals surface area (Å²) in [6.45, 7) is 1.99. The molecule has 0 spiro atoms. The van der Waals surface area contributed by atoms with Crippen LogP contribution < -0.4 is 0 Å². The molecule has 0 amide bonds. The van der Waals surface area contributed by atoms with Gasteiger partial charge >= 0.3 is 0 Å². The van der Waals surface area contributed by atoms with Crippen molar-refractivity contribution < 1.29 is 8.42 Å². The van der Waals surface area contributed by atoms with Crippen molar-refractivity contribution in [1.29, 1.82) is 0 Å². The van der Waals surface area contributed by atoms with Crippen molar-refractivity contribution in [2.24, 2.45) is 0 Å². The minimum absolute atomic E-state index is 0.190. The van der Waals surface area contributed by atoms with Crippen molar-refractivity contribution in [3.8, 4) is 17.1 Å². The number of aryl methyl sites for hydroxylation is 1. The van der Waals surface area contributed by atoms with E-state index in [1.54, 1.807) is 35.6 Å². The van der Waals surface area contributed by atoms with Crippen molar-refractivity contribution in [2.75, 3.05) is 6.26 Å². The first kappa shape index (κ1) is 14.4. The Bertz CT molecular complexity index is 915. The number of sulfone groups is 1. The standard InChI is InChI=1S/C15H14N4O2S/c1-11-5-6-16-8-13(11)14-9-17-10-19(14)15-4-3-12(7-18-15)22(2,20)21/h3-10H,1-2H3. The summed E-state index contributed by atoms with van der Waals surface area (Å²) < 4.78 is 24.8. The predicted octanol–water partition coefficient (Wildman–Crippen LogP) is 2.04. The Labute approximate surface area is 128 Å². The zero-order valence-electron chi connectivity index (χ0n) is 12.1. The maximum Gasteiger partial charge on any atom is 0.177 e. The summed E-state index contributed by atoms with van der Waals surface area (Å²) in [5.41, 5.74) is 2.88. The molecule has 0 aliphatic carbocycles. The monoisotopic (exact) mass is 314 g/mol. The zero-order valence-corrected chi connectivity index (χ0v) is 12.9. The lowest BCUT2D eigenvalue weighted by atomic mass is 10.1. The van der Waals surface area contributed by atoms with Gasteiger partial charge in [0.25, 0.3) is 0 Å². The van der Waals surface area contributed by atoms with Gasteiger partial charge in [0.15, 0.2) is 9.84 Å². The van der Waals surface area contributed by atoms with E-state index in [2.05, 4.69) is 15.0 Å². The quantitative estimate of drug-likeness (QED) is 0.739. The average Bonchev–Trinajstić information content (AvgIpc) is 2.96. The van der Waals surface area contributed by atoms with Crippen LogP contribution in [0.1, 0.15) is 5.56 Å². The van der Waals surface area contributed by atoms with Gasteiger partial charge in [-0.25, -0.2) is 18.4 Å². The van der Waals surface area contributed by atoms with Gasteiger partial charge in [-0.3, -0.25) is 9.55 Å². The highest BCUT2D eigenvalue weighted by atomic mass is 32.2. The molecule has 0 bridgehead atoms. The molecule has 0 N–H and O–H groups in total. The lowest BCUT2D eigenvalue weighted by Gasteiger charge is -2.09. The van der Waals surface area contributed by atoms with E-state index in [0.29, 0.717) is 5.82 Å². The number of rotatable bonds is 3. The SMILES string of the molecule is Cc1ccncc1-c1cncn1-c1ccc(S(C)(=O)=O)cn1. The molecule has 3 aromatic rings. The van der Waals surface area contributed by atoms with Crippen LogP contribution >= 0.6 is 0 Å². The summed E-state index contributed by atoms with van der Waals surface area (Å²) in [6.07, 6.45) is 9.39. The second-order valence-corrected chi connectivity index (χ2v) is 6.98. The van der Waals surface area contributed by atoms with Gasteiger partial charge in [0.2, 0.25) is 0 Å². The molecule has 0 aliphatic rings. The summed E-state index contributed by atoms with van der Waals surface area (Å²) in [5, 5.41) is 0. The van der Waals surface area contributed by atoms with Crippen molar-refractivity contribution in [1.82, 2.24) is 19.5 Å². The maximum absolute atomic E-state index is 11.5. The molecule has 3 aromatic heterocycles. The molecular formula is C15H14N4O2S. The average molecular weight is 314 g/mol. The molecule has 0 saturated carbocycles. The van der Waals surface area contributed by atoms with E-state index in [0.717, 1.165) is 23.1 Å². The summed E-state index contributed by atoms with van der Waals surface area (Å²) in [7, 11) is -3.25. The van der Waals surface area contributed by atoms with Crippen LogP contribution in [-0.4, -0.2) is 34.2 Å². The summed E-state index contributed by atoms with van der Waals surface area (Å²) in [4.78, 5) is 12.7. The molecule has 22 heavy (non-hydrogen) atoms. The van der Waals surface area contributed by atoms with E-state index >= 15 is 0 Å². The van der Waals surface area contributed by atoms with Crippen LogP contribution in [0.4, 0.5) is 0 Å². The fourth-order valence-electron chi connectivity index (χ4n) is 2.14. The highest BCUT2D eigenvalue weighted by Gasteiger charge is 2.12. The van der Waals surface area contributed by atoms with Gasteiger partial charge in [-0.15, -0.1) is 0 Å². The van der Waals surface area contributed by atoms with Crippen LogP contribution in [0.25, 0.3) is 17.1 Å². The van der Waals surface area contributed by atoms with Crippen LogP contribution in [-0.2, 0) is 9.84 Å². The summed E-state index contributed by atoms with van der Waals surface area (Å²) in [5.74, 6) is 0.600. The van der Waals surface area contributed by atoms with Crippen molar-refractivity contribution in [2.45, 2.75) is 11.8 Å². The van der Waals surface area contributed by atoms with Crippen LogP contribution in [0.2, 0.25) is 0 Å². The Morgan fingerprint density at radius 1 is 1.05 bits per heavy atom. The Morgan fingerprint density at radius 2 is 1.86 bits per heavy atom. The minimum atomic E-state index is -3.25. The second kappa shape index (κ2) is 5.34. The topological polar surface area (TPSA) is 77.7 Å². The zero-order chi connectivity index (χ0) is 15.7. The third-order valence-electron chi connectivity index (χ3n) is 3.35. The molecular weight excluding hydrogens is 300 g/mol. The van der Waals surface area contributed by atoms with Gasteiger partial charge in [0, 0.05) is 30.4 Å². The van der Waals surface area contributed by atoms with Crippen LogP contribution in [0.15, 0.2) is 54.2 Å². The molecule has 0 fully saturated rings. The lowest BCUT2D eigenvalue weighted by molar-refractivity contribution is 0.601. The van der Waals surface area contributed by atoms with E-state index in [9.17, 15) is 8.42 Å². The van der Waals surface area contributed by atoms with Crippen molar-refractivity contribution in [3.63, 3.8) is 0 Å². The molecule has 0 aromatic carbocycles. The van der Waals surface area contributed by atoms with Crippen molar-refractivity contribution >= 4 is 9.84 Å². The molecule has 0 atom stereocenters. The third-order valence-corrected chi connectivity index (χ3v) is 4.45. The number of hydrogen-bond donors (Lipinski definition) is 0. The van der Waals surface area contributed by atoms with E-state index in [4.69, 9.17) is 0 Å². The fourth-order valence-corrected chi connectivity index (χ4v) is 2.70. The molecule has 7 heteroatoms. The predicted molar refractivity (Wildman–Crippen MR) is 82.4 cm³/mol. The van der Waals surface area contributed by atoms with Crippen LogP contribution in [0, 0.1) is 6.92 Å². The normalized spacial score (nSPS) is 11.5. The number of pyridine rings is 2. The molecule has 0 saturated heterocycles. The van der Waals surface area contributed by atoms with Gasteiger partial charge in [0.1, 0.15) is 12.1 Å². The third kappa shape index (κ3) is 2.62.